The normalized spacial score (nSPS) is 12.0. The van der Waals surface area contributed by atoms with Crippen molar-refractivity contribution >= 4 is 33.7 Å². The smallest absolute Gasteiger partial charge is 0.268 e. The standard InChI is InChI=1S/C20H23N7O/c1-11-12-8-6-7-9-13(12)26(15(11)19(28)22-5)18-14-16(21)23-10-24-17(14)27(25-18)20(2,3)4/h6-10H,1-5H3,(H,22,28)(H2,21,23,24). The first-order chi connectivity index (χ1) is 13.3. The van der Waals surface area contributed by atoms with Crippen LogP contribution >= 0.6 is 0 Å². The third kappa shape index (κ3) is 2.45. The van der Waals surface area contributed by atoms with Crippen molar-refractivity contribution in [1.29, 1.82) is 0 Å². The average molecular weight is 377 g/mol. The molecule has 0 aliphatic heterocycles. The maximum absolute atomic E-state index is 12.8. The first-order valence-electron chi connectivity index (χ1n) is 9.08. The second kappa shape index (κ2) is 6.05. The minimum Gasteiger partial charge on any atom is -0.383 e. The Morgan fingerprint density at radius 3 is 2.57 bits per heavy atom. The fraction of sp³-hybridized carbons (Fsp3) is 0.300. The van der Waals surface area contributed by atoms with Gasteiger partial charge >= 0.3 is 0 Å². The second-order valence-electron chi connectivity index (χ2n) is 7.77. The summed E-state index contributed by atoms with van der Waals surface area (Å²) in [5.74, 6) is 0.683. The van der Waals surface area contributed by atoms with Gasteiger partial charge in [-0.2, -0.15) is 5.10 Å². The van der Waals surface area contributed by atoms with Gasteiger partial charge in [0.2, 0.25) is 0 Å². The Morgan fingerprint density at radius 1 is 1.18 bits per heavy atom. The Labute approximate surface area is 162 Å². The maximum atomic E-state index is 12.8. The summed E-state index contributed by atoms with van der Waals surface area (Å²) in [5, 5.41) is 9.20. The lowest BCUT2D eigenvalue weighted by molar-refractivity contribution is 0.0956. The third-order valence-electron chi connectivity index (χ3n) is 4.89. The number of hydrogen-bond donors (Lipinski definition) is 2. The lowest BCUT2D eigenvalue weighted by Crippen LogP contribution is -2.24. The van der Waals surface area contributed by atoms with Crippen molar-refractivity contribution in [2.45, 2.75) is 33.2 Å². The molecule has 28 heavy (non-hydrogen) atoms. The Morgan fingerprint density at radius 2 is 1.89 bits per heavy atom. The third-order valence-corrected chi connectivity index (χ3v) is 4.89. The van der Waals surface area contributed by atoms with Gasteiger partial charge in [0.15, 0.2) is 11.5 Å². The summed E-state index contributed by atoms with van der Waals surface area (Å²) in [6.45, 7) is 8.06. The summed E-state index contributed by atoms with van der Waals surface area (Å²) in [7, 11) is 1.62. The number of carbonyl (C=O) groups is 1. The molecule has 0 spiro atoms. The quantitative estimate of drug-likeness (QED) is 0.559. The molecule has 0 fully saturated rings. The molecule has 0 unspecified atom stereocenters. The van der Waals surface area contributed by atoms with E-state index in [0.717, 1.165) is 16.5 Å². The van der Waals surface area contributed by atoms with Gasteiger partial charge in [-0.25, -0.2) is 14.6 Å². The number of fused-ring (bicyclic) bond motifs is 2. The van der Waals surface area contributed by atoms with Crippen LogP contribution in [-0.4, -0.2) is 37.3 Å². The Bertz CT molecular complexity index is 1230. The van der Waals surface area contributed by atoms with E-state index in [1.807, 2.05) is 61.2 Å². The molecular weight excluding hydrogens is 354 g/mol. The molecule has 8 nitrogen and oxygen atoms in total. The SMILES string of the molecule is CNC(=O)c1c(C)c2ccccc2n1-c1nn(C(C)(C)C)c2ncnc(N)c12. The van der Waals surface area contributed by atoms with Crippen LogP contribution in [0.3, 0.4) is 0 Å². The largest absolute Gasteiger partial charge is 0.383 e. The predicted octanol–water partition coefficient (Wildman–Crippen LogP) is 2.78. The van der Waals surface area contributed by atoms with Crippen LogP contribution < -0.4 is 11.1 Å². The van der Waals surface area contributed by atoms with E-state index in [-0.39, 0.29) is 11.4 Å². The topological polar surface area (TPSA) is 104 Å². The molecule has 0 saturated carbocycles. The Kier molecular flexibility index (Phi) is 3.88. The number of carbonyl (C=O) groups excluding carboxylic acids is 1. The lowest BCUT2D eigenvalue weighted by atomic mass is 10.1. The summed E-state index contributed by atoms with van der Waals surface area (Å²) in [4.78, 5) is 21.4. The molecule has 1 aromatic carbocycles. The second-order valence-corrected chi connectivity index (χ2v) is 7.77. The van der Waals surface area contributed by atoms with Crippen molar-refractivity contribution in [3.63, 3.8) is 0 Å². The van der Waals surface area contributed by atoms with E-state index >= 15 is 0 Å². The van der Waals surface area contributed by atoms with Crippen LogP contribution in [0.5, 0.6) is 0 Å². The number of anilines is 1. The monoisotopic (exact) mass is 377 g/mol. The van der Waals surface area contributed by atoms with Crippen LogP contribution in [-0.2, 0) is 5.54 Å². The van der Waals surface area contributed by atoms with E-state index in [1.165, 1.54) is 6.33 Å². The van der Waals surface area contributed by atoms with Crippen molar-refractivity contribution in [2.24, 2.45) is 0 Å². The van der Waals surface area contributed by atoms with Crippen molar-refractivity contribution < 1.29 is 4.79 Å². The Hall–Kier alpha value is -3.42. The van der Waals surface area contributed by atoms with Gasteiger partial charge in [0, 0.05) is 12.4 Å². The van der Waals surface area contributed by atoms with E-state index in [2.05, 4.69) is 15.3 Å². The highest BCUT2D eigenvalue weighted by Crippen LogP contribution is 2.34. The number of hydrogen-bond acceptors (Lipinski definition) is 5. The molecule has 0 saturated heterocycles. The van der Waals surface area contributed by atoms with Gasteiger partial charge in [0.05, 0.1) is 11.1 Å². The number of benzene rings is 1. The van der Waals surface area contributed by atoms with Gasteiger partial charge < -0.3 is 11.1 Å². The number of nitrogens with two attached hydrogens (primary N) is 1. The number of para-hydroxylation sites is 1. The Balaban J connectivity index is 2.21. The zero-order valence-corrected chi connectivity index (χ0v) is 16.6. The molecule has 4 rings (SSSR count). The van der Waals surface area contributed by atoms with Crippen molar-refractivity contribution in [3.05, 3.63) is 41.9 Å². The number of nitrogens with one attached hydrogen (secondary N) is 1. The molecule has 144 valence electrons. The summed E-state index contributed by atoms with van der Waals surface area (Å²) in [6.07, 6.45) is 1.43. The zero-order valence-electron chi connectivity index (χ0n) is 16.6. The average Bonchev–Trinajstić information content (AvgIpc) is 3.18. The van der Waals surface area contributed by atoms with E-state index in [1.54, 1.807) is 7.05 Å². The molecule has 3 heterocycles. The molecule has 0 aliphatic rings. The highest BCUT2D eigenvalue weighted by Gasteiger charge is 2.28. The highest BCUT2D eigenvalue weighted by molar-refractivity contribution is 6.04. The number of aromatic nitrogens is 5. The van der Waals surface area contributed by atoms with Crippen LogP contribution in [0.1, 0.15) is 36.8 Å². The van der Waals surface area contributed by atoms with Crippen LogP contribution in [0.25, 0.3) is 27.8 Å². The summed E-state index contributed by atoms with van der Waals surface area (Å²) >= 11 is 0. The lowest BCUT2D eigenvalue weighted by Gasteiger charge is -2.19. The molecule has 0 atom stereocenters. The summed E-state index contributed by atoms with van der Waals surface area (Å²) in [5.41, 5.74) is 8.82. The molecule has 8 heteroatoms. The van der Waals surface area contributed by atoms with Crippen LogP contribution in [0.2, 0.25) is 0 Å². The minimum atomic E-state index is -0.331. The van der Waals surface area contributed by atoms with E-state index in [9.17, 15) is 4.79 Å². The van der Waals surface area contributed by atoms with Gasteiger partial charge in [-0.3, -0.25) is 9.36 Å². The summed E-state index contributed by atoms with van der Waals surface area (Å²) < 4.78 is 3.68. The van der Waals surface area contributed by atoms with E-state index in [4.69, 9.17) is 10.8 Å². The predicted molar refractivity (Wildman–Crippen MR) is 110 cm³/mol. The maximum Gasteiger partial charge on any atom is 0.268 e. The van der Waals surface area contributed by atoms with Crippen molar-refractivity contribution in [2.75, 3.05) is 12.8 Å². The molecule has 4 aromatic rings. The van der Waals surface area contributed by atoms with Gasteiger partial charge in [-0.05, 0) is 39.3 Å². The number of nitrogens with zero attached hydrogens (tertiary/aromatic N) is 5. The van der Waals surface area contributed by atoms with Crippen molar-refractivity contribution in [1.82, 2.24) is 29.6 Å². The molecule has 0 bridgehead atoms. The van der Waals surface area contributed by atoms with Crippen molar-refractivity contribution in [3.8, 4) is 5.82 Å². The fourth-order valence-corrected chi connectivity index (χ4v) is 3.59. The van der Waals surface area contributed by atoms with Crippen LogP contribution in [0.15, 0.2) is 30.6 Å². The molecule has 3 aromatic heterocycles. The molecule has 0 radical (unpaired) electrons. The van der Waals surface area contributed by atoms with E-state index in [0.29, 0.717) is 28.4 Å². The molecule has 3 N–H and O–H groups in total. The van der Waals surface area contributed by atoms with Gasteiger partial charge in [0.1, 0.15) is 23.2 Å². The first-order valence-corrected chi connectivity index (χ1v) is 9.08. The molecule has 1 amide bonds. The molecular formula is C20H23N7O. The van der Waals surface area contributed by atoms with Gasteiger partial charge in [-0.15, -0.1) is 0 Å². The number of amides is 1. The fourth-order valence-electron chi connectivity index (χ4n) is 3.59. The number of aryl methyl sites for hydroxylation is 1. The van der Waals surface area contributed by atoms with Crippen LogP contribution in [0.4, 0.5) is 5.82 Å². The zero-order chi connectivity index (χ0) is 20.2. The number of nitrogen functional groups attached to an aromatic ring is 1. The highest BCUT2D eigenvalue weighted by atomic mass is 16.1. The molecule has 0 aliphatic carbocycles. The number of rotatable bonds is 2. The minimum absolute atomic E-state index is 0.192. The summed E-state index contributed by atoms with van der Waals surface area (Å²) in [6, 6.07) is 7.86. The van der Waals surface area contributed by atoms with Crippen LogP contribution in [0, 0.1) is 6.92 Å². The van der Waals surface area contributed by atoms with Gasteiger partial charge in [-0.1, -0.05) is 18.2 Å². The first kappa shape index (κ1) is 18.0. The van der Waals surface area contributed by atoms with E-state index < -0.39 is 0 Å². The van der Waals surface area contributed by atoms with Gasteiger partial charge in [0.25, 0.3) is 5.91 Å².